The van der Waals surface area contributed by atoms with Crippen molar-refractivity contribution in [1.29, 1.82) is 0 Å². The van der Waals surface area contributed by atoms with Gasteiger partial charge in [-0.25, -0.2) is 4.68 Å². The monoisotopic (exact) mass is 538 g/mol. The molecule has 0 radical (unpaired) electrons. The van der Waals surface area contributed by atoms with Crippen LogP contribution in [0.25, 0.3) is 6.08 Å². The van der Waals surface area contributed by atoms with Crippen molar-refractivity contribution in [2.24, 2.45) is 0 Å². The first-order chi connectivity index (χ1) is 18.4. The van der Waals surface area contributed by atoms with Crippen LogP contribution in [-0.2, 0) is 34.2 Å². The molecule has 200 valence electrons. The van der Waals surface area contributed by atoms with Crippen LogP contribution in [0.2, 0.25) is 0 Å². The molecule has 2 heterocycles. The lowest BCUT2D eigenvalue weighted by Crippen LogP contribution is -2.28. The van der Waals surface area contributed by atoms with Gasteiger partial charge < -0.3 is 29.6 Å². The smallest absolute Gasteiger partial charge is 0.249 e. The second-order valence-corrected chi connectivity index (χ2v) is 9.32. The van der Waals surface area contributed by atoms with Gasteiger partial charge in [-0.05, 0) is 41.5 Å². The maximum Gasteiger partial charge on any atom is 0.249 e. The van der Waals surface area contributed by atoms with Gasteiger partial charge in [0, 0.05) is 29.7 Å². The van der Waals surface area contributed by atoms with E-state index < -0.39 is 0 Å². The summed E-state index contributed by atoms with van der Waals surface area (Å²) in [5.74, 6) is 3.62. The lowest BCUT2D eigenvalue weighted by molar-refractivity contribution is -0.122. The molecular weight excluding hydrogens is 508 g/mol. The van der Waals surface area contributed by atoms with E-state index in [9.17, 15) is 9.59 Å². The average molecular weight is 539 g/mol. The van der Waals surface area contributed by atoms with Crippen LogP contribution in [0.3, 0.4) is 0 Å². The van der Waals surface area contributed by atoms with Crippen LogP contribution in [0, 0.1) is 0 Å². The molecule has 4 rings (SSSR count). The van der Waals surface area contributed by atoms with Gasteiger partial charge >= 0.3 is 0 Å². The SMILES string of the molecule is COc1ccc(CNC(=O)Cn2nc3c(c2NC(=O)/C=C\c2cc(OC)c(OC)c(OC)c2)CSC3)cc1. The standard InChI is InChI=1S/C27H30N4O6S/c1-34-19-8-5-17(6-9-19)13-28-25(33)14-31-27(20-15-38-16-21(20)30-31)29-24(32)10-7-18-11-22(35-2)26(37-4)23(12-18)36-3/h5-12H,13-16H2,1-4H3,(H,28,33)(H,29,32)/b10-7-. The molecule has 0 spiro atoms. The number of rotatable bonds is 11. The highest BCUT2D eigenvalue weighted by Gasteiger charge is 2.24. The van der Waals surface area contributed by atoms with Gasteiger partial charge in [-0.1, -0.05) is 12.1 Å². The van der Waals surface area contributed by atoms with Crippen molar-refractivity contribution in [2.45, 2.75) is 24.6 Å². The Morgan fingerprint density at radius 3 is 2.34 bits per heavy atom. The maximum atomic E-state index is 12.9. The van der Waals surface area contributed by atoms with Crippen molar-refractivity contribution >= 4 is 35.5 Å². The molecule has 2 amide bonds. The van der Waals surface area contributed by atoms with Gasteiger partial charge in [-0.2, -0.15) is 16.9 Å². The molecule has 2 N–H and O–H groups in total. The maximum absolute atomic E-state index is 12.9. The summed E-state index contributed by atoms with van der Waals surface area (Å²) in [5.41, 5.74) is 3.46. The van der Waals surface area contributed by atoms with Gasteiger partial charge in [-0.15, -0.1) is 0 Å². The van der Waals surface area contributed by atoms with Crippen LogP contribution in [0.5, 0.6) is 23.0 Å². The number of hydrogen-bond acceptors (Lipinski definition) is 8. The molecule has 0 saturated carbocycles. The number of ether oxygens (including phenoxy) is 4. The van der Waals surface area contributed by atoms with Gasteiger partial charge in [0.1, 0.15) is 18.1 Å². The minimum absolute atomic E-state index is 0.0139. The first-order valence-electron chi connectivity index (χ1n) is 11.8. The van der Waals surface area contributed by atoms with Crippen LogP contribution < -0.4 is 29.6 Å². The number of thioether (sulfide) groups is 1. The van der Waals surface area contributed by atoms with Crippen LogP contribution in [0.15, 0.2) is 42.5 Å². The predicted octanol–water partition coefficient (Wildman–Crippen LogP) is 3.63. The third kappa shape index (κ3) is 6.23. The molecule has 11 heteroatoms. The van der Waals surface area contributed by atoms with Crippen molar-refractivity contribution < 1.29 is 28.5 Å². The number of nitrogens with one attached hydrogen (secondary N) is 2. The first kappa shape index (κ1) is 26.9. The van der Waals surface area contributed by atoms with Crippen molar-refractivity contribution in [1.82, 2.24) is 15.1 Å². The van der Waals surface area contributed by atoms with Gasteiger partial charge in [0.05, 0.1) is 34.1 Å². The summed E-state index contributed by atoms with van der Waals surface area (Å²) in [6.07, 6.45) is 3.06. The lowest BCUT2D eigenvalue weighted by Gasteiger charge is -2.13. The molecule has 3 aromatic rings. The molecule has 0 aliphatic carbocycles. The number of fused-ring (bicyclic) bond motifs is 1. The van der Waals surface area contributed by atoms with E-state index in [-0.39, 0.29) is 18.4 Å². The number of anilines is 1. The Morgan fingerprint density at radius 2 is 1.71 bits per heavy atom. The van der Waals surface area contributed by atoms with E-state index in [2.05, 4.69) is 15.7 Å². The van der Waals surface area contributed by atoms with Gasteiger partial charge in [0.15, 0.2) is 11.5 Å². The summed E-state index contributed by atoms with van der Waals surface area (Å²) < 4.78 is 22.8. The Labute approximate surface area is 225 Å². The molecule has 2 aromatic carbocycles. The average Bonchev–Trinajstić information content (AvgIpc) is 3.52. The van der Waals surface area contributed by atoms with E-state index in [1.807, 2.05) is 24.3 Å². The van der Waals surface area contributed by atoms with Crippen molar-refractivity contribution in [3.05, 3.63) is 64.9 Å². The Bertz CT molecular complexity index is 1310. The van der Waals surface area contributed by atoms with E-state index in [4.69, 9.17) is 18.9 Å². The number of nitrogens with zero attached hydrogens (tertiary/aromatic N) is 2. The molecule has 1 aliphatic heterocycles. The third-order valence-corrected chi connectivity index (χ3v) is 6.89. The summed E-state index contributed by atoms with van der Waals surface area (Å²) in [6, 6.07) is 11.0. The number of hydrogen-bond donors (Lipinski definition) is 2. The Balaban J connectivity index is 1.44. The van der Waals surface area contributed by atoms with Crippen molar-refractivity contribution in [2.75, 3.05) is 33.8 Å². The number of aromatic nitrogens is 2. The second-order valence-electron chi connectivity index (χ2n) is 8.33. The highest BCUT2D eigenvalue weighted by atomic mass is 32.2. The molecule has 1 aliphatic rings. The van der Waals surface area contributed by atoms with Gasteiger partial charge in [-0.3, -0.25) is 9.59 Å². The number of methoxy groups -OCH3 is 4. The zero-order valence-electron chi connectivity index (χ0n) is 21.7. The molecular formula is C27H30N4O6S. The first-order valence-corrected chi connectivity index (χ1v) is 13.0. The highest BCUT2D eigenvalue weighted by molar-refractivity contribution is 7.98. The van der Waals surface area contributed by atoms with Crippen LogP contribution in [0.4, 0.5) is 5.82 Å². The third-order valence-electron chi connectivity index (χ3n) is 5.92. The molecule has 0 atom stereocenters. The van der Waals surface area contributed by atoms with Gasteiger partial charge in [0.2, 0.25) is 17.6 Å². The van der Waals surface area contributed by atoms with E-state index in [0.717, 1.165) is 34.1 Å². The molecule has 0 unspecified atom stereocenters. The largest absolute Gasteiger partial charge is 0.497 e. The molecule has 1 aromatic heterocycles. The second kappa shape index (κ2) is 12.4. The molecule has 0 fully saturated rings. The number of carbonyl (C=O) groups is 2. The van der Waals surface area contributed by atoms with E-state index in [1.54, 1.807) is 41.8 Å². The molecule has 38 heavy (non-hydrogen) atoms. The minimum Gasteiger partial charge on any atom is -0.497 e. The Morgan fingerprint density at radius 1 is 1.00 bits per heavy atom. The fraction of sp³-hybridized carbons (Fsp3) is 0.296. The normalized spacial score (nSPS) is 12.2. The van der Waals surface area contributed by atoms with Crippen LogP contribution in [0.1, 0.15) is 22.4 Å². The zero-order chi connectivity index (χ0) is 27.1. The Kier molecular flexibility index (Phi) is 8.80. The van der Waals surface area contributed by atoms with Crippen LogP contribution in [-0.4, -0.2) is 50.0 Å². The van der Waals surface area contributed by atoms with E-state index >= 15 is 0 Å². The number of benzene rings is 2. The van der Waals surface area contributed by atoms with E-state index in [1.165, 1.54) is 27.4 Å². The minimum atomic E-state index is -0.349. The van der Waals surface area contributed by atoms with E-state index in [0.29, 0.717) is 35.2 Å². The van der Waals surface area contributed by atoms with Crippen molar-refractivity contribution in [3.8, 4) is 23.0 Å². The van der Waals surface area contributed by atoms with Crippen LogP contribution >= 0.6 is 11.8 Å². The number of amides is 2. The Hall–Kier alpha value is -4.12. The predicted molar refractivity (Wildman–Crippen MR) is 146 cm³/mol. The topological polar surface area (TPSA) is 113 Å². The van der Waals surface area contributed by atoms with Gasteiger partial charge in [0.25, 0.3) is 0 Å². The number of carbonyl (C=O) groups excluding carboxylic acids is 2. The molecule has 10 nitrogen and oxygen atoms in total. The summed E-state index contributed by atoms with van der Waals surface area (Å²) in [4.78, 5) is 25.6. The fourth-order valence-electron chi connectivity index (χ4n) is 3.98. The summed E-state index contributed by atoms with van der Waals surface area (Å²) >= 11 is 1.72. The highest BCUT2D eigenvalue weighted by Crippen LogP contribution is 2.38. The molecule has 0 saturated heterocycles. The molecule has 0 bridgehead atoms. The quantitative estimate of drug-likeness (QED) is 0.356. The fourth-order valence-corrected chi connectivity index (χ4v) is 5.02. The summed E-state index contributed by atoms with van der Waals surface area (Å²) in [7, 11) is 6.20. The lowest BCUT2D eigenvalue weighted by atomic mass is 10.1. The summed E-state index contributed by atoms with van der Waals surface area (Å²) in [6.45, 7) is 0.360. The van der Waals surface area contributed by atoms with Crippen molar-refractivity contribution in [3.63, 3.8) is 0 Å². The zero-order valence-corrected chi connectivity index (χ0v) is 22.5. The summed E-state index contributed by atoms with van der Waals surface area (Å²) in [5, 5.41) is 10.4.